The second kappa shape index (κ2) is 9.57. The van der Waals surface area contributed by atoms with Crippen LogP contribution in [0.4, 0.5) is 4.79 Å². The van der Waals surface area contributed by atoms with Crippen molar-refractivity contribution >= 4 is 34.5 Å². The average Bonchev–Trinajstić information content (AvgIpc) is 2.82. The molecular formula is C26H21N3O3. The van der Waals surface area contributed by atoms with Gasteiger partial charge in [-0.3, -0.25) is 5.41 Å². The van der Waals surface area contributed by atoms with E-state index in [-0.39, 0.29) is 5.90 Å². The van der Waals surface area contributed by atoms with Crippen LogP contribution in [0.1, 0.15) is 16.8 Å². The number of primary amides is 1. The smallest absolute Gasteiger partial charge is 0.411 e. The van der Waals surface area contributed by atoms with Crippen LogP contribution >= 0.6 is 0 Å². The summed E-state index contributed by atoms with van der Waals surface area (Å²) in [6, 6.07) is 28.6. The van der Waals surface area contributed by atoms with Gasteiger partial charge in [0.05, 0.1) is 11.2 Å². The van der Waals surface area contributed by atoms with Crippen molar-refractivity contribution in [2.24, 2.45) is 5.73 Å². The van der Waals surface area contributed by atoms with Crippen molar-refractivity contribution < 1.29 is 14.3 Å². The number of carbonyl (C=O) groups is 1. The van der Waals surface area contributed by atoms with E-state index in [1.54, 1.807) is 30.3 Å². The van der Waals surface area contributed by atoms with Gasteiger partial charge in [0.2, 0.25) is 5.90 Å². The highest BCUT2D eigenvalue weighted by Crippen LogP contribution is 2.23. The molecule has 3 N–H and O–H groups in total. The molecule has 0 fully saturated rings. The summed E-state index contributed by atoms with van der Waals surface area (Å²) >= 11 is 0. The molecule has 1 aromatic heterocycles. The maximum Gasteiger partial charge on any atom is 0.411 e. The Morgan fingerprint density at radius 2 is 1.62 bits per heavy atom. The van der Waals surface area contributed by atoms with E-state index in [1.165, 1.54) is 0 Å². The van der Waals surface area contributed by atoms with Gasteiger partial charge in [-0.25, -0.2) is 9.78 Å². The summed E-state index contributed by atoms with van der Waals surface area (Å²) in [5.74, 6) is 0.334. The molecule has 32 heavy (non-hydrogen) atoms. The zero-order valence-electron chi connectivity index (χ0n) is 17.2. The molecule has 0 spiro atoms. The summed E-state index contributed by atoms with van der Waals surface area (Å²) in [4.78, 5) is 15.8. The first-order valence-electron chi connectivity index (χ1n) is 9.99. The zero-order chi connectivity index (χ0) is 22.3. The summed E-state index contributed by atoms with van der Waals surface area (Å²) in [5.41, 5.74) is 8.84. The van der Waals surface area contributed by atoms with Gasteiger partial charge >= 0.3 is 6.09 Å². The van der Waals surface area contributed by atoms with E-state index in [0.717, 1.165) is 22.2 Å². The van der Waals surface area contributed by atoms with Crippen LogP contribution in [0.2, 0.25) is 0 Å². The first kappa shape index (κ1) is 20.8. The number of ether oxygens (including phenoxy) is 2. The maximum absolute atomic E-state index is 11.2. The minimum Gasteiger partial charge on any atom is -0.487 e. The molecule has 0 saturated heterocycles. The third kappa shape index (κ3) is 5.17. The second-order valence-corrected chi connectivity index (χ2v) is 7.03. The Morgan fingerprint density at radius 3 is 2.38 bits per heavy atom. The minimum atomic E-state index is -1.03. The van der Waals surface area contributed by atoms with E-state index in [4.69, 9.17) is 20.6 Å². The number of nitrogens with one attached hydrogen (secondary N) is 1. The van der Waals surface area contributed by atoms with Crippen molar-refractivity contribution in [1.29, 1.82) is 5.41 Å². The van der Waals surface area contributed by atoms with Crippen molar-refractivity contribution in [3.8, 4) is 5.75 Å². The Kier molecular flexibility index (Phi) is 6.22. The number of pyridine rings is 1. The largest absolute Gasteiger partial charge is 0.487 e. The Morgan fingerprint density at radius 1 is 0.906 bits per heavy atom. The fourth-order valence-corrected chi connectivity index (χ4v) is 3.23. The monoisotopic (exact) mass is 423 g/mol. The number of nitrogens with two attached hydrogens (primary N) is 1. The van der Waals surface area contributed by atoms with E-state index in [2.05, 4.69) is 4.98 Å². The number of benzene rings is 3. The Hall–Kier alpha value is -4.45. The van der Waals surface area contributed by atoms with E-state index < -0.39 is 6.09 Å². The molecule has 0 saturated carbocycles. The van der Waals surface area contributed by atoms with Gasteiger partial charge < -0.3 is 15.2 Å². The highest BCUT2D eigenvalue weighted by atomic mass is 16.6. The number of hydrogen-bond donors (Lipinski definition) is 2. The molecule has 0 radical (unpaired) electrons. The average molecular weight is 423 g/mol. The van der Waals surface area contributed by atoms with Crippen LogP contribution in [0.25, 0.3) is 22.6 Å². The molecule has 4 rings (SSSR count). The molecule has 0 aliphatic carbocycles. The Balaban J connectivity index is 1.52. The second-order valence-electron chi connectivity index (χ2n) is 7.03. The van der Waals surface area contributed by atoms with Crippen molar-refractivity contribution in [3.63, 3.8) is 0 Å². The molecule has 158 valence electrons. The van der Waals surface area contributed by atoms with E-state index in [9.17, 15) is 4.79 Å². The maximum atomic E-state index is 11.2. The van der Waals surface area contributed by atoms with Gasteiger partial charge in [-0.2, -0.15) is 0 Å². The van der Waals surface area contributed by atoms with Gasteiger partial charge in [0, 0.05) is 11.0 Å². The van der Waals surface area contributed by atoms with Gasteiger partial charge in [0.25, 0.3) is 0 Å². The SMILES string of the molecule is N=C(OC(N)=O)/C(=C/c1ccccc1)c1ccc(OCc2ccc3ccccc3n2)cc1. The van der Waals surface area contributed by atoms with Gasteiger partial charge in [0.15, 0.2) is 0 Å². The van der Waals surface area contributed by atoms with Gasteiger partial charge in [0.1, 0.15) is 12.4 Å². The molecule has 1 heterocycles. The number of amides is 1. The first-order chi connectivity index (χ1) is 15.6. The summed E-state index contributed by atoms with van der Waals surface area (Å²) in [7, 11) is 0. The molecule has 0 atom stereocenters. The molecule has 6 heteroatoms. The third-order valence-electron chi connectivity index (χ3n) is 4.77. The van der Waals surface area contributed by atoms with E-state index in [1.807, 2.05) is 66.7 Å². The summed E-state index contributed by atoms with van der Waals surface area (Å²) < 4.78 is 10.7. The van der Waals surface area contributed by atoms with Crippen LogP contribution in [-0.4, -0.2) is 17.0 Å². The number of aromatic nitrogens is 1. The molecule has 4 aromatic rings. The summed E-state index contributed by atoms with van der Waals surface area (Å²) in [6.07, 6.45) is 0.733. The molecule has 3 aromatic carbocycles. The van der Waals surface area contributed by atoms with Gasteiger partial charge in [-0.15, -0.1) is 0 Å². The van der Waals surface area contributed by atoms with Crippen LogP contribution in [-0.2, 0) is 11.3 Å². The van der Waals surface area contributed by atoms with Crippen molar-refractivity contribution in [2.45, 2.75) is 6.61 Å². The summed E-state index contributed by atoms with van der Waals surface area (Å²) in [5, 5.41) is 9.23. The lowest BCUT2D eigenvalue weighted by atomic mass is 10.0. The first-order valence-corrected chi connectivity index (χ1v) is 9.99. The standard InChI is InChI=1S/C26H21N3O3/c27-25(32-26(28)30)23(16-18-6-2-1-3-7-18)19-11-14-22(15-12-19)31-17-21-13-10-20-8-4-5-9-24(20)29-21/h1-16,27H,17H2,(H2,28,30)/b23-16+,27-25?. The Bertz CT molecular complexity index is 1280. The number of nitrogens with zero attached hydrogens (tertiary/aromatic N) is 1. The fraction of sp³-hybridized carbons (Fsp3) is 0.0385. The lowest BCUT2D eigenvalue weighted by Gasteiger charge is -2.11. The van der Waals surface area contributed by atoms with Gasteiger partial charge in [-0.1, -0.05) is 66.7 Å². The topological polar surface area (TPSA) is 98.3 Å². The summed E-state index contributed by atoms with van der Waals surface area (Å²) in [6.45, 7) is 0.331. The quantitative estimate of drug-likeness (QED) is 0.245. The highest BCUT2D eigenvalue weighted by molar-refractivity contribution is 6.24. The molecule has 0 bridgehead atoms. The fourth-order valence-electron chi connectivity index (χ4n) is 3.23. The lowest BCUT2D eigenvalue weighted by Crippen LogP contribution is -2.18. The minimum absolute atomic E-state index is 0.324. The number of hydrogen-bond acceptors (Lipinski definition) is 5. The Labute approximate surface area is 185 Å². The third-order valence-corrected chi connectivity index (χ3v) is 4.77. The van der Waals surface area contributed by atoms with Crippen LogP contribution in [0, 0.1) is 5.41 Å². The molecule has 0 unspecified atom stereocenters. The molecule has 0 aliphatic rings. The van der Waals surface area contributed by atoms with E-state index in [0.29, 0.717) is 23.5 Å². The van der Waals surface area contributed by atoms with Crippen LogP contribution < -0.4 is 10.5 Å². The number of rotatable bonds is 6. The number of carbonyl (C=O) groups excluding carboxylic acids is 1. The van der Waals surface area contributed by atoms with Crippen molar-refractivity contribution in [1.82, 2.24) is 4.98 Å². The van der Waals surface area contributed by atoms with E-state index >= 15 is 0 Å². The highest BCUT2D eigenvalue weighted by Gasteiger charge is 2.13. The lowest BCUT2D eigenvalue weighted by molar-refractivity contribution is 0.208. The molecule has 0 aliphatic heterocycles. The normalized spacial score (nSPS) is 11.2. The molecular weight excluding hydrogens is 402 g/mol. The number of para-hydroxylation sites is 1. The van der Waals surface area contributed by atoms with Gasteiger partial charge in [-0.05, 0) is 41.5 Å². The van der Waals surface area contributed by atoms with Crippen LogP contribution in [0.5, 0.6) is 5.75 Å². The van der Waals surface area contributed by atoms with Crippen LogP contribution in [0.3, 0.4) is 0 Å². The van der Waals surface area contributed by atoms with Crippen molar-refractivity contribution in [2.75, 3.05) is 0 Å². The number of fused-ring (bicyclic) bond motifs is 1. The molecule has 1 amide bonds. The predicted molar refractivity (Wildman–Crippen MR) is 125 cm³/mol. The van der Waals surface area contributed by atoms with Crippen molar-refractivity contribution in [3.05, 3.63) is 108 Å². The zero-order valence-corrected chi connectivity index (χ0v) is 17.2. The predicted octanol–water partition coefficient (Wildman–Crippen LogP) is 5.43. The molecule has 6 nitrogen and oxygen atoms in total. The van der Waals surface area contributed by atoms with Crippen LogP contribution in [0.15, 0.2) is 91.0 Å².